The van der Waals surface area contributed by atoms with Crippen LogP contribution in [0.4, 0.5) is 5.69 Å². The standard InChI is InChI=1S/C26H28ClN5O5S/c1-13(2)32-12-17(11-28-32)24-15(4)23(33)19-10-14(3)9-18(25(19)37-24)16(5)29-20-7-8-21(27)30-22(20)26(34)31-38(6,35)36/h7-13,16,29H,1-6H3,(H,31,34)/t16-/m1/s1. The average molecular weight is 558 g/mol. The second kappa shape index (κ2) is 10.2. The molecule has 0 radical (unpaired) electrons. The summed E-state index contributed by atoms with van der Waals surface area (Å²) in [6, 6.07) is 6.34. The summed E-state index contributed by atoms with van der Waals surface area (Å²) in [4.78, 5) is 30.1. The van der Waals surface area contributed by atoms with E-state index in [4.69, 9.17) is 16.0 Å². The lowest BCUT2D eigenvalue weighted by Crippen LogP contribution is -2.31. The Morgan fingerprint density at radius 1 is 1.16 bits per heavy atom. The van der Waals surface area contributed by atoms with Crippen molar-refractivity contribution in [3.63, 3.8) is 0 Å². The van der Waals surface area contributed by atoms with Crippen molar-refractivity contribution in [2.24, 2.45) is 0 Å². The molecule has 200 valence electrons. The van der Waals surface area contributed by atoms with Crippen molar-refractivity contribution in [1.29, 1.82) is 0 Å². The third-order valence-corrected chi connectivity index (χ3v) is 6.74. The zero-order chi connectivity index (χ0) is 27.9. The Morgan fingerprint density at radius 2 is 1.87 bits per heavy atom. The molecule has 1 atom stereocenters. The zero-order valence-electron chi connectivity index (χ0n) is 21.8. The van der Waals surface area contributed by atoms with Crippen molar-refractivity contribution in [3.8, 4) is 11.3 Å². The van der Waals surface area contributed by atoms with Crippen LogP contribution in [0.25, 0.3) is 22.3 Å². The number of halogens is 1. The van der Waals surface area contributed by atoms with Gasteiger partial charge >= 0.3 is 0 Å². The Morgan fingerprint density at radius 3 is 2.50 bits per heavy atom. The highest BCUT2D eigenvalue weighted by molar-refractivity contribution is 7.89. The molecule has 0 saturated heterocycles. The number of carbonyl (C=O) groups is 1. The number of hydrogen-bond acceptors (Lipinski definition) is 8. The molecular weight excluding hydrogens is 530 g/mol. The number of fused-ring (bicyclic) bond motifs is 1. The molecule has 10 nitrogen and oxygen atoms in total. The van der Waals surface area contributed by atoms with Crippen LogP contribution >= 0.6 is 11.6 Å². The number of nitrogens with one attached hydrogen (secondary N) is 2. The first-order valence-corrected chi connectivity index (χ1v) is 14.1. The minimum Gasteiger partial charge on any atom is -0.455 e. The fourth-order valence-corrected chi connectivity index (χ4v) is 4.74. The Hall–Kier alpha value is -3.70. The number of sulfonamides is 1. The van der Waals surface area contributed by atoms with Crippen molar-refractivity contribution in [2.75, 3.05) is 11.6 Å². The van der Waals surface area contributed by atoms with Gasteiger partial charge in [0.25, 0.3) is 5.91 Å². The van der Waals surface area contributed by atoms with E-state index in [1.807, 2.05) is 44.7 Å². The fourth-order valence-electron chi connectivity index (χ4n) is 4.15. The summed E-state index contributed by atoms with van der Waals surface area (Å²) < 4.78 is 33.3. The molecular formula is C26H28ClN5O5S. The largest absolute Gasteiger partial charge is 0.455 e. The van der Waals surface area contributed by atoms with E-state index in [-0.39, 0.29) is 28.0 Å². The van der Waals surface area contributed by atoms with E-state index in [1.54, 1.807) is 23.9 Å². The quantitative estimate of drug-likeness (QED) is 0.310. The number of aromatic nitrogens is 3. The van der Waals surface area contributed by atoms with Crippen LogP contribution in [0.1, 0.15) is 60.0 Å². The van der Waals surface area contributed by atoms with Crippen molar-refractivity contribution < 1.29 is 17.6 Å². The van der Waals surface area contributed by atoms with Gasteiger partial charge in [-0.25, -0.2) is 18.1 Å². The number of anilines is 1. The Balaban J connectivity index is 1.83. The average Bonchev–Trinajstić information content (AvgIpc) is 3.31. The van der Waals surface area contributed by atoms with E-state index >= 15 is 0 Å². The molecule has 0 spiro atoms. The third kappa shape index (κ3) is 5.58. The molecule has 0 aliphatic heterocycles. The van der Waals surface area contributed by atoms with Crippen LogP contribution in [0, 0.1) is 13.8 Å². The second-order valence-electron chi connectivity index (χ2n) is 9.52. The van der Waals surface area contributed by atoms with Crippen LogP contribution in [0.15, 0.2) is 45.9 Å². The monoisotopic (exact) mass is 557 g/mol. The van der Waals surface area contributed by atoms with Gasteiger partial charge in [0.05, 0.1) is 35.1 Å². The SMILES string of the molecule is Cc1cc([C@@H](C)Nc2ccc(Cl)nc2C(=O)NS(C)(=O)=O)c2oc(-c3cnn(C(C)C)c3)c(C)c(=O)c2c1. The van der Waals surface area contributed by atoms with Gasteiger partial charge in [-0.3, -0.25) is 14.3 Å². The Bertz CT molecular complexity index is 1730. The zero-order valence-corrected chi connectivity index (χ0v) is 23.4. The summed E-state index contributed by atoms with van der Waals surface area (Å²) in [6.45, 7) is 9.44. The molecule has 12 heteroatoms. The van der Waals surface area contributed by atoms with E-state index in [2.05, 4.69) is 15.4 Å². The topological polar surface area (TPSA) is 136 Å². The number of pyridine rings is 1. The maximum absolute atomic E-state index is 13.4. The lowest BCUT2D eigenvalue weighted by Gasteiger charge is -2.20. The molecule has 0 fully saturated rings. The number of aryl methyl sites for hydroxylation is 1. The number of benzene rings is 1. The first-order valence-electron chi connectivity index (χ1n) is 11.8. The van der Waals surface area contributed by atoms with Crippen molar-refractivity contribution in [2.45, 2.75) is 46.7 Å². The summed E-state index contributed by atoms with van der Waals surface area (Å²) in [7, 11) is -3.83. The van der Waals surface area contributed by atoms with Gasteiger partial charge in [-0.15, -0.1) is 0 Å². The maximum atomic E-state index is 13.4. The van der Waals surface area contributed by atoms with Gasteiger partial charge in [-0.2, -0.15) is 5.10 Å². The van der Waals surface area contributed by atoms with Gasteiger partial charge in [0.15, 0.2) is 11.1 Å². The molecule has 0 aliphatic carbocycles. The van der Waals surface area contributed by atoms with Crippen LogP contribution < -0.4 is 15.5 Å². The van der Waals surface area contributed by atoms with Gasteiger partial charge in [0.1, 0.15) is 16.5 Å². The molecule has 0 unspecified atom stereocenters. The number of hydrogen-bond donors (Lipinski definition) is 2. The van der Waals surface area contributed by atoms with Crippen molar-refractivity contribution >= 4 is 44.2 Å². The lowest BCUT2D eigenvalue weighted by molar-refractivity contribution is 0.0977. The molecule has 0 aliphatic rings. The molecule has 0 saturated carbocycles. The van der Waals surface area contributed by atoms with Gasteiger partial charge in [-0.1, -0.05) is 17.7 Å². The smallest absolute Gasteiger partial charge is 0.285 e. The number of nitrogens with zero attached hydrogens (tertiary/aromatic N) is 3. The number of carbonyl (C=O) groups excluding carboxylic acids is 1. The second-order valence-corrected chi connectivity index (χ2v) is 11.7. The molecule has 3 aromatic heterocycles. The highest BCUT2D eigenvalue weighted by Crippen LogP contribution is 2.33. The predicted molar refractivity (Wildman–Crippen MR) is 147 cm³/mol. The van der Waals surface area contributed by atoms with Gasteiger partial charge < -0.3 is 9.73 Å². The van der Waals surface area contributed by atoms with Crippen LogP contribution in [0.2, 0.25) is 5.15 Å². The van der Waals surface area contributed by atoms with E-state index < -0.39 is 22.0 Å². The molecule has 38 heavy (non-hydrogen) atoms. The van der Waals surface area contributed by atoms with E-state index in [0.29, 0.717) is 33.4 Å². The maximum Gasteiger partial charge on any atom is 0.285 e. The normalized spacial score (nSPS) is 12.6. The molecule has 2 N–H and O–H groups in total. The summed E-state index contributed by atoms with van der Waals surface area (Å²) in [5, 5.41) is 8.02. The fraction of sp³-hybridized carbons (Fsp3) is 0.308. The minimum atomic E-state index is -3.83. The predicted octanol–water partition coefficient (Wildman–Crippen LogP) is 4.77. The molecule has 1 aromatic carbocycles. The Labute approximate surface area is 225 Å². The highest BCUT2D eigenvalue weighted by atomic mass is 35.5. The Kier molecular flexibility index (Phi) is 7.35. The van der Waals surface area contributed by atoms with E-state index in [9.17, 15) is 18.0 Å². The molecule has 4 aromatic rings. The van der Waals surface area contributed by atoms with Gasteiger partial charge in [0.2, 0.25) is 10.0 Å². The molecule has 0 bridgehead atoms. The van der Waals surface area contributed by atoms with E-state index in [1.165, 1.54) is 12.1 Å². The number of amides is 1. The minimum absolute atomic E-state index is 0.0240. The summed E-state index contributed by atoms with van der Waals surface area (Å²) in [5.74, 6) is -0.501. The molecule has 1 amide bonds. The van der Waals surface area contributed by atoms with Gasteiger partial charge in [-0.05, 0) is 58.4 Å². The van der Waals surface area contributed by atoms with E-state index in [0.717, 1.165) is 11.8 Å². The van der Waals surface area contributed by atoms with Crippen molar-refractivity contribution in [1.82, 2.24) is 19.5 Å². The van der Waals surface area contributed by atoms with Crippen molar-refractivity contribution in [3.05, 3.63) is 74.4 Å². The summed E-state index contributed by atoms with van der Waals surface area (Å²) in [6.07, 6.45) is 4.37. The first kappa shape index (κ1) is 27.3. The van der Waals surface area contributed by atoms with Crippen LogP contribution in [-0.2, 0) is 10.0 Å². The summed E-state index contributed by atoms with van der Waals surface area (Å²) >= 11 is 5.99. The first-order chi connectivity index (χ1) is 17.7. The lowest BCUT2D eigenvalue weighted by atomic mass is 9.99. The van der Waals surface area contributed by atoms with Crippen LogP contribution in [0.3, 0.4) is 0 Å². The number of rotatable bonds is 7. The van der Waals surface area contributed by atoms with Crippen LogP contribution in [-0.4, -0.2) is 35.3 Å². The molecule has 4 rings (SSSR count). The van der Waals surface area contributed by atoms with Gasteiger partial charge in [0, 0.05) is 23.4 Å². The summed E-state index contributed by atoms with van der Waals surface area (Å²) in [5.41, 5.74) is 2.97. The molecule has 3 heterocycles. The van der Waals surface area contributed by atoms with Crippen LogP contribution in [0.5, 0.6) is 0 Å². The third-order valence-electron chi connectivity index (χ3n) is 5.98. The highest BCUT2D eigenvalue weighted by Gasteiger charge is 2.23.